The molecule has 1 atom stereocenters. The van der Waals surface area contributed by atoms with Crippen LogP contribution in [0.4, 0.5) is 0 Å². The SMILES string of the molecule is O=C(c1cccs1)N1Cc2ccccc2C[C@@H]1CN1CCNCC1. The highest BCUT2D eigenvalue weighted by molar-refractivity contribution is 7.12. The number of benzene rings is 1. The van der Waals surface area contributed by atoms with Crippen molar-refractivity contribution >= 4 is 17.2 Å². The van der Waals surface area contributed by atoms with E-state index in [1.54, 1.807) is 0 Å². The summed E-state index contributed by atoms with van der Waals surface area (Å²) in [5.41, 5.74) is 2.69. The van der Waals surface area contributed by atoms with Gasteiger partial charge in [0.1, 0.15) is 0 Å². The number of hydrogen-bond acceptors (Lipinski definition) is 4. The average Bonchev–Trinajstić information content (AvgIpc) is 3.16. The number of carbonyl (C=O) groups excluding carboxylic acids is 1. The van der Waals surface area contributed by atoms with Crippen LogP contribution in [0.15, 0.2) is 41.8 Å². The van der Waals surface area contributed by atoms with Crippen LogP contribution in [-0.4, -0.2) is 54.5 Å². The number of amides is 1. The fourth-order valence-electron chi connectivity index (χ4n) is 3.72. The second-order valence-electron chi connectivity index (χ2n) is 6.59. The van der Waals surface area contributed by atoms with E-state index >= 15 is 0 Å². The van der Waals surface area contributed by atoms with Crippen molar-refractivity contribution in [2.45, 2.75) is 19.0 Å². The van der Waals surface area contributed by atoms with Gasteiger partial charge in [-0.25, -0.2) is 0 Å². The number of piperazine rings is 1. The highest BCUT2D eigenvalue weighted by Crippen LogP contribution is 2.26. The molecule has 4 nitrogen and oxygen atoms in total. The highest BCUT2D eigenvalue weighted by Gasteiger charge is 2.32. The van der Waals surface area contributed by atoms with Gasteiger partial charge in [-0.1, -0.05) is 30.3 Å². The molecule has 0 spiro atoms. The van der Waals surface area contributed by atoms with E-state index in [1.807, 2.05) is 17.5 Å². The van der Waals surface area contributed by atoms with Crippen LogP contribution in [0.25, 0.3) is 0 Å². The van der Waals surface area contributed by atoms with E-state index in [0.29, 0.717) is 0 Å². The normalized spacial score (nSPS) is 21.5. The molecule has 2 aliphatic rings. The molecule has 2 aliphatic heterocycles. The van der Waals surface area contributed by atoms with Gasteiger partial charge in [0.15, 0.2) is 0 Å². The highest BCUT2D eigenvalue weighted by atomic mass is 32.1. The zero-order valence-electron chi connectivity index (χ0n) is 13.8. The molecule has 1 fully saturated rings. The van der Waals surface area contributed by atoms with Crippen molar-refractivity contribution in [1.29, 1.82) is 0 Å². The van der Waals surface area contributed by atoms with Gasteiger partial charge in [0, 0.05) is 45.3 Å². The maximum absolute atomic E-state index is 13.0. The third-order valence-corrected chi connectivity index (χ3v) is 5.88. The standard InChI is InChI=1S/C19H23N3OS/c23-19(18-6-3-11-24-18)22-13-16-5-2-1-4-15(16)12-17(22)14-21-9-7-20-8-10-21/h1-6,11,17,20H,7-10,12-14H2/t17-/m1/s1. The zero-order chi connectivity index (χ0) is 16.4. The molecule has 0 saturated carbocycles. The van der Waals surface area contributed by atoms with Crippen LogP contribution in [0.2, 0.25) is 0 Å². The minimum absolute atomic E-state index is 0.180. The Labute approximate surface area is 147 Å². The lowest BCUT2D eigenvalue weighted by Crippen LogP contribution is -2.53. The van der Waals surface area contributed by atoms with Crippen molar-refractivity contribution in [3.8, 4) is 0 Å². The molecule has 1 saturated heterocycles. The van der Waals surface area contributed by atoms with Crippen molar-refractivity contribution in [2.75, 3.05) is 32.7 Å². The lowest BCUT2D eigenvalue weighted by Gasteiger charge is -2.40. The number of rotatable bonds is 3. The number of hydrogen-bond donors (Lipinski definition) is 1. The second-order valence-corrected chi connectivity index (χ2v) is 7.54. The number of carbonyl (C=O) groups is 1. The Balaban J connectivity index is 1.58. The lowest BCUT2D eigenvalue weighted by molar-refractivity contribution is 0.0576. The summed E-state index contributed by atoms with van der Waals surface area (Å²) in [7, 11) is 0. The molecule has 1 amide bonds. The summed E-state index contributed by atoms with van der Waals surface area (Å²) in [6.07, 6.45) is 0.956. The largest absolute Gasteiger partial charge is 0.329 e. The molecule has 3 heterocycles. The first kappa shape index (κ1) is 15.8. The third-order valence-electron chi connectivity index (χ3n) is 5.03. The predicted octanol–water partition coefficient (Wildman–Crippen LogP) is 2.22. The summed E-state index contributed by atoms with van der Waals surface area (Å²) in [5.74, 6) is 0.180. The molecule has 0 bridgehead atoms. The minimum Gasteiger partial charge on any atom is -0.329 e. The molecule has 4 rings (SSSR count). The van der Waals surface area contributed by atoms with E-state index in [9.17, 15) is 4.79 Å². The Kier molecular flexibility index (Phi) is 4.65. The summed E-state index contributed by atoms with van der Waals surface area (Å²) in [6.45, 7) is 5.92. The first-order valence-corrected chi connectivity index (χ1v) is 9.53. The maximum Gasteiger partial charge on any atom is 0.264 e. The summed E-state index contributed by atoms with van der Waals surface area (Å²) in [4.78, 5) is 18.5. The number of nitrogens with zero attached hydrogens (tertiary/aromatic N) is 2. The predicted molar refractivity (Wildman–Crippen MR) is 97.4 cm³/mol. The zero-order valence-corrected chi connectivity index (χ0v) is 14.6. The molecule has 0 aliphatic carbocycles. The molecule has 126 valence electrons. The fraction of sp³-hybridized carbons (Fsp3) is 0.421. The van der Waals surface area contributed by atoms with Crippen molar-refractivity contribution in [3.05, 3.63) is 57.8 Å². The van der Waals surface area contributed by atoms with Crippen molar-refractivity contribution in [3.63, 3.8) is 0 Å². The minimum atomic E-state index is 0.180. The van der Waals surface area contributed by atoms with Gasteiger partial charge in [0.25, 0.3) is 5.91 Å². The molecule has 1 N–H and O–H groups in total. The average molecular weight is 341 g/mol. The molecule has 0 radical (unpaired) electrons. The van der Waals surface area contributed by atoms with Crippen molar-refractivity contribution < 1.29 is 4.79 Å². The van der Waals surface area contributed by atoms with Gasteiger partial charge in [-0.05, 0) is 29.0 Å². The van der Waals surface area contributed by atoms with E-state index in [2.05, 4.69) is 39.4 Å². The van der Waals surface area contributed by atoms with Crippen LogP contribution in [0.3, 0.4) is 0 Å². The Bertz CT molecular complexity index is 694. The molecule has 1 aromatic carbocycles. The first-order chi connectivity index (χ1) is 11.8. The molecule has 2 aromatic rings. The van der Waals surface area contributed by atoms with E-state index < -0.39 is 0 Å². The van der Waals surface area contributed by atoms with Crippen LogP contribution in [-0.2, 0) is 13.0 Å². The third kappa shape index (κ3) is 3.24. The van der Waals surface area contributed by atoms with Gasteiger partial charge >= 0.3 is 0 Å². The topological polar surface area (TPSA) is 35.6 Å². The fourth-order valence-corrected chi connectivity index (χ4v) is 4.40. The van der Waals surface area contributed by atoms with Gasteiger partial charge in [-0.2, -0.15) is 0 Å². The monoisotopic (exact) mass is 341 g/mol. The maximum atomic E-state index is 13.0. The van der Waals surface area contributed by atoms with Crippen LogP contribution < -0.4 is 5.32 Å². The molecule has 5 heteroatoms. The van der Waals surface area contributed by atoms with Gasteiger partial charge < -0.3 is 10.2 Å². The van der Waals surface area contributed by atoms with Crippen LogP contribution >= 0.6 is 11.3 Å². The lowest BCUT2D eigenvalue weighted by atomic mass is 9.93. The van der Waals surface area contributed by atoms with Crippen LogP contribution in [0.1, 0.15) is 20.8 Å². The van der Waals surface area contributed by atoms with E-state index in [0.717, 1.165) is 50.6 Å². The van der Waals surface area contributed by atoms with E-state index in [-0.39, 0.29) is 11.9 Å². The number of nitrogens with one attached hydrogen (secondary N) is 1. The smallest absolute Gasteiger partial charge is 0.264 e. The van der Waals surface area contributed by atoms with E-state index in [4.69, 9.17) is 0 Å². The Morgan fingerprint density at radius 3 is 2.67 bits per heavy atom. The summed E-state index contributed by atoms with van der Waals surface area (Å²) >= 11 is 1.54. The van der Waals surface area contributed by atoms with Gasteiger partial charge in [-0.15, -0.1) is 11.3 Å². The Morgan fingerprint density at radius 2 is 1.92 bits per heavy atom. The molecular weight excluding hydrogens is 318 g/mol. The summed E-state index contributed by atoms with van der Waals surface area (Å²) in [6, 6.07) is 12.7. The summed E-state index contributed by atoms with van der Waals surface area (Å²) < 4.78 is 0. The molecule has 24 heavy (non-hydrogen) atoms. The quantitative estimate of drug-likeness (QED) is 0.930. The van der Waals surface area contributed by atoms with Gasteiger partial charge in [0.05, 0.1) is 4.88 Å². The number of fused-ring (bicyclic) bond motifs is 1. The molecule has 1 aromatic heterocycles. The van der Waals surface area contributed by atoms with Gasteiger partial charge in [-0.3, -0.25) is 9.69 Å². The van der Waals surface area contributed by atoms with Crippen LogP contribution in [0, 0.1) is 0 Å². The van der Waals surface area contributed by atoms with E-state index in [1.165, 1.54) is 22.5 Å². The van der Waals surface area contributed by atoms with Crippen LogP contribution in [0.5, 0.6) is 0 Å². The number of thiophene rings is 1. The first-order valence-electron chi connectivity index (χ1n) is 8.65. The Hall–Kier alpha value is -1.69. The van der Waals surface area contributed by atoms with Crippen molar-refractivity contribution in [2.24, 2.45) is 0 Å². The van der Waals surface area contributed by atoms with Crippen molar-refractivity contribution in [1.82, 2.24) is 15.1 Å². The Morgan fingerprint density at radius 1 is 1.12 bits per heavy atom. The molecular formula is C19H23N3OS. The second kappa shape index (κ2) is 7.05. The molecule has 0 unspecified atom stereocenters. The van der Waals surface area contributed by atoms with Gasteiger partial charge in [0.2, 0.25) is 0 Å². The summed E-state index contributed by atoms with van der Waals surface area (Å²) in [5, 5.41) is 5.39.